The van der Waals surface area contributed by atoms with E-state index in [9.17, 15) is 4.79 Å². The fraction of sp³-hybridized carbons (Fsp3) is 0.208. The molecule has 0 fully saturated rings. The molecule has 0 aromatic heterocycles. The zero-order chi connectivity index (χ0) is 20.6. The van der Waals surface area contributed by atoms with Crippen molar-refractivity contribution in [3.8, 4) is 16.9 Å². The third-order valence-corrected chi connectivity index (χ3v) is 4.82. The van der Waals surface area contributed by atoms with Crippen LogP contribution in [0.2, 0.25) is 5.02 Å². The number of carbonyl (C=O) groups is 1. The van der Waals surface area contributed by atoms with Gasteiger partial charge in [-0.1, -0.05) is 54.1 Å². The second-order valence-electron chi connectivity index (χ2n) is 6.87. The number of rotatable bonds is 9. The lowest BCUT2D eigenvalue weighted by Gasteiger charge is -2.13. The minimum Gasteiger partial charge on any atom is -0.491 e. The van der Waals surface area contributed by atoms with Gasteiger partial charge in [0, 0.05) is 25.2 Å². The monoisotopic (exact) mass is 408 g/mol. The zero-order valence-electron chi connectivity index (χ0n) is 16.5. The molecule has 0 unspecified atom stereocenters. The van der Waals surface area contributed by atoms with Crippen LogP contribution in [0.15, 0.2) is 66.7 Å². The molecular weight excluding hydrogens is 384 g/mol. The van der Waals surface area contributed by atoms with Gasteiger partial charge in [-0.2, -0.15) is 0 Å². The molecule has 0 radical (unpaired) electrons. The summed E-state index contributed by atoms with van der Waals surface area (Å²) in [4.78, 5) is 11.5. The lowest BCUT2D eigenvalue weighted by atomic mass is 10.0. The Morgan fingerprint density at radius 1 is 1.03 bits per heavy atom. The number of para-hydroxylation sites is 1. The molecule has 3 aromatic rings. The molecule has 5 heteroatoms. The van der Waals surface area contributed by atoms with Crippen LogP contribution in [0.1, 0.15) is 18.1 Å². The van der Waals surface area contributed by atoms with Crippen molar-refractivity contribution >= 4 is 23.1 Å². The smallest absolute Gasteiger partial charge is 0.138 e. The molecule has 0 heterocycles. The fourth-order valence-corrected chi connectivity index (χ4v) is 3.31. The molecule has 29 heavy (non-hydrogen) atoms. The molecule has 0 atom stereocenters. The average Bonchev–Trinajstić information content (AvgIpc) is 2.72. The maximum Gasteiger partial charge on any atom is 0.138 e. The van der Waals surface area contributed by atoms with Gasteiger partial charge in [0.15, 0.2) is 0 Å². The number of anilines is 1. The van der Waals surface area contributed by atoms with Crippen molar-refractivity contribution in [1.29, 1.82) is 0 Å². The SMILES string of the molecule is CC(=O)Cc1ccccc1NCc1cccc(-c2ccc(Cl)c(OCCN)c2)c1. The van der Waals surface area contributed by atoms with Gasteiger partial charge in [-0.3, -0.25) is 4.79 Å². The highest BCUT2D eigenvalue weighted by Gasteiger charge is 2.07. The molecule has 3 N–H and O–H groups in total. The summed E-state index contributed by atoms with van der Waals surface area (Å²) in [5.74, 6) is 0.785. The summed E-state index contributed by atoms with van der Waals surface area (Å²) in [5.41, 5.74) is 10.8. The van der Waals surface area contributed by atoms with Crippen molar-refractivity contribution in [1.82, 2.24) is 0 Å². The van der Waals surface area contributed by atoms with Crippen LogP contribution >= 0.6 is 11.6 Å². The van der Waals surface area contributed by atoms with Gasteiger partial charge in [-0.05, 0) is 53.4 Å². The molecular formula is C24H25ClN2O2. The number of benzene rings is 3. The maximum atomic E-state index is 11.5. The average molecular weight is 409 g/mol. The molecule has 0 bridgehead atoms. The van der Waals surface area contributed by atoms with Crippen LogP contribution in [0.4, 0.5) is 5.69 Å². The highest BCUT2D eigenvalue weighted by atomic mass is 35.5. The van der Waals surface area contributed by atoms with Crippen LogP contribution < -0.4 is 15.8 Å². The first-order chi connectivity index (χ1) is 14.1. The molecule has 3 rings (SSSR count). The Kier molecular flexibility index (Phi) is 7.28. The zero-order valence-corrected chi connectivity index (χ0v) is 17.2. The van der Waals surface area contributed by atoms with Gasteiger partial charge in [-0.25, -0.2) is 0 Å². The van der Waals surface area contributed by atoms with Crippen molar-refractivity contribution in [3.05, 3.63) is 82.9 Å². The first-order valence-electron chi connectivity index (χ1n) is 9.60. The van der Waals surface area contributed by atoms with Crippen molar-refractivity contribution < 1.29 is 9.53 Å². The van der Waals surface area contributed by atoms with Crippen LogP contribution in [0.3, 0.4) is 0 Å². The highest BCUT2D eigenvalue weighted by molar-refractivity contribution is 6.32. The summed E-state index contributed by atoms with van der Waals surface area (Å²) in [7, 11) is 0. The topological polar surface area (TPSA) is 64.3 Å². The van der Waals surface area contributed by atoms with E-state index in [2.05, 4.69) is 23.5 Å². The Hall–Kier alpha value is -2.82. The molecule has 150 valence electrons. The summed E-state index contributed by atoms with van der Waals surface area (Å²) in [6, 6.07) is 22.0. The number of hydrogen-bond donors (Lipinski definition) is 2. The Morgan fingerprint density at radius 2 is 1.83 bits per heavy atom. The van der Waals surface area contributed by atoms with Gasteiger partial charge in [0.25, 0.3) is 0 Å². The summed E-state index contributed by atoms with van der Waals surface area (Å²) in [6.07, 6.45) is 0.430. The van der Waals surface area contributed by atoms with Gasteiger partial charge in [-0.15, -0.1) is 0 Å². The van der Waals surface area contributed by atoms with E-state index in [0.717, 1.165) is 27.9 Å². The molecule has 4 nitrogen and oxygen atoms in total. The van der Waals surface area contributed by atoms with Gasteiger partial charge in [0.05, 0.1) is 5.02 Å². The van der Waals surface area contributed by atoms with Crippen LogP contribution in [0.5, 0.6) is 5.75 Å². The van der Waals surface area contributed by atoms with E-state index in [4.69, 9.17) is 22.1 Å². The third kappa shape index (κ3) is 5.83. The second kappa shape index (κ2) is 10.1. The van der Waals surface area contributed by atoms with Crippen LogP contribution in [-0.4, -0.2) is 18.9 Å². The number of nitrogens with one attached hydrogen (secondary N) is 1. The Balaban J connectivity index is 1.76. The van der Waals surface area contributed by atoms with E-state index >= 15 is 0 Å². The van der Waals surface area contributed by atoms with Crippen molar-refractivity contribution in [2.24, 2.45) is 5.73 Å². The molecule has 3 aromatic carbocycles. The van der Waals surface area contributed by atoms with Crippen molar-refractivity contribution in [2.75, 3.05) is 18.5 Å². The first-order valence-corrected chi connectivity index (χ1v) is 9.97. The summed E-state index contributed by atoms with van der Waals surface area (Å²) in [5, 5.41) is 4.02. The molecule has 0 amide bonds. The molecule has 0 aliphatic carbocycles. The normalized spacial score (nSPS) is 10.6. The Labute approximate surface area is 176 Å². The number of Topliss-reactive ketones (excluding diaryl/α,β-unsaturated/α-hetero) is 1. The van der Waals surface area contributed by atoms with E-state index in [0.29, 0.717) is 36.9 Å². The molecule has 0 saturated carbocycles. The number of ether oxygens (including phenoxy) is 1. The second-order valence-corrected chi connectivity index (χ2v) is 7.28. The molecule has 0 spiro atoms. The van der Waals surface area contributed by atoms with Crippen LogP contribution in [0.25, 0.3) is 11.1 Å². The largest absolute Gasteiger partial charge is 0.491 e. The number of hydrogen-bond acceptors (Lipinski definition) is 4. The number of ketones is 1. The highest BCUT2D eigenvalue weighted by Crippen LogP contribution is 2.31. The summed E-state index contributed by atoms with van der Waals surface area (Å²) in [6.45, 7) is 3.13. The third-order valence-electron chi connectivity index (χ3n) is 4.51. The maximum absolute atomic E-state index is 11.5. The fourth-order valence-electron chi connectivity index (χ4n) is 3.14. The molecule has 0 saturated heterocycles. The van der Waals surface area contributed by atoms with E-state index in [1.807, 2.05) is 48.5 Å². The van der Waals surface area contributed by atoms with Crippen LogP contribution in [0, 0.1) is 0 Å². The van der Waals surface area contributed by atoms with E-state index in [1.165, 1.54) is 0 Å². The predicted molar refractivity (Wildman–Crippen MR) is 120 cm³/mol. The Bertz CT molecular complexity index is 988. The minimum absolute atomic E-state index is 0.150. The molecule has 0 aliphatic heterocycles. The Morgan fingerprint density at radius 3 is 2.62 bits per heavy atom. The van der Waals surface area contributed by atoms with E-state index in [-0.39, 0.29) is 5.78 Å². The van der Waals surface area contributed by atoms with Gasteiger partial charge in [0.1, 0.15) is 18.1 Å². The summed E-state index contributed by atoms with van der Waals surface area (Å²) >= 11 is 6.22. The van der Waals surface area contributed by atoms with Crippen molar-refractivity contribution in [2.45, 2.75) is 19.9 Å². The molecule has 0 aliphatic rings. The lowest BCUT2D eigenvalue weighted by molar-refractivity contribution is -0.116. The van der Waals surface area contributed by atoms with Crippen LogP contribution in [-0.2, 0) is 17.8 Å². The standard InChI is InChI=1S/C24H25ClN2O2/c1-17(28)13-21-6-2-3-8-23(21)27-16-18-5-4-7-19(14-18)20-9-10-22(25)24(15-20)29-12-11-26/h2-10,14-15,27H,11-13,16,26H2,1H3. The van der Waals surface area contributed by atoms with Gasteiger partial charge >= 0.3 is 0 Å². The van der Waals surface area contributed by atoms with Gasteiger partial charge < -0.3 is 15.8 Å². The first kappa shape index (κ1) is 20.9. The van der Waals surface area contributed by atoms with E-state index in [1.54, 1.807) is 6.92 Å². The predicted octanol–water partition coefficient (Wildman–Crippen LogP) is 5.09. The van der Waals surface area contributed by atoms with Gasteiger partial charge in [0.2, 0.25) is 0 Å². The quantitative estimate of drug-likeness (QED) is 0.517. The van der Waals surface area contributed by atoms with E-state index < -0.39 is 0 Å². The summed E-state index contributed by atoms with van der Waals surface area (Å²) < 4.78 is 5.63. The number of nitrogens with two attached hydrogens (primary N) is 1. The number of halogens is 1. The minimum atomic E-state index is 0.150. The number of carbonyl (C=O) groups excluding carboxylic acids is 1. The lowest BCUT2D eigenvalue weighted by Crippen LogP contribution is -2.10. The van der Waals surface area contributed by atoms with Crippen molar-refractivity contribution in [3.63, 3.8) is 0 Å².